The maximum absolute atomic E-state index is 9.47. The first-order valence-corrected chi connectivity index (χ1v) is 5.12. The molecule has 0 radical (unpaired) electrons. The fraction of sp³-hybridized carbons (Fsp3) is 0.143. The zero-order chi connectivity index (χ0) is 10.5. The van der Waals surface area contributed by atoms with Crippen molar-refractivity contribution in [2.24, 2.45) is 0 Å². The molecule has 1 heteroatoms. The zero-order valence-corrected chi connectivity index (χ0v) is 8.45. The third kappa shape index (κ3) is 2.67. The molecule has 0 heterocycles. The highest BCUT2D eigenvalue weighted by Gasteiger charge is 2.04. The van der Waals surface area contributed by atoms with E-state index in [1.165, 1.54) is 5.56 Å². The summed E-state index contributed by atoms with van der Waals surface area (Å²) in [5, 5.41) is 9.47. The summed E-state index contributed by atoms with van der Waals surface area (Å²) in [5.74, 6) is 0.255. The lowest BCUT2D eigenvalue weighted by molar-refractivity contribution is 0.271. The molecule has 0 saturated heterocycles. The van der Waals surface area contributed by atoms with E-state index in [4.69, 9.17) is 0 Å². The van der Waals surface area contributed by atoms with Crippen molar-refractivity contribution in [3.63, 3.8) is 0 Å². The third-order valence-electron chi connectivity index (χ3n) is 2.44. The summed E-state index contributed by atoms with van der Waals surface area (Å²) >= 11 is 0. The van der Waals surface area contributed by atoms with Crippen LogP contribution in [0.3, 0.4) is 0 Å². The number of aliphatic hydroxyl groups excluding tert-OH is 1. The average Bonchev–Trinajstić information content (AvgIpc) is 2.25. The summed E-state index contributed by atoms with van der Waals surface area (Å²) in [7, 11) is 0. The number of allylic oxidation sites excluding steroid dienone is 4. The van der Waals surface area contributed by atoms with E-state index in [1.54, 1.807) is 6.08 Å². The minimum atomic E-state index is -0.471. The molecular formula is C14H14O. The van der Waals surface area contributed by atoms with Gasteiger partial charge in [0.05, 0.1) is 6.10 Å². The molecule has 15 heavy (non-hydrogen) atoms. The molecule has 1 aromatic carbocycles. The van der Waals surface area contributed by atoms with Crippen molar-refractivity contribution in [3.8, 4) is 0 Å². The lowest BCUT2D eigenvalue weighted by Crippen LogP contribution is -2.00. The van der Waals surface area contributed by atoms with Crippen LogP contribution in [0.5, 0.6) is 0 Å². The predicted molar refractivity (Wildman–Crippen MR) is 62.6 cm³/mol. The molecule has 0 bridgehead atoms. The van der Waals surface area contributed by atoms with Gasteiger partial charge in [0.1, 0.15) is 0 Å². The van der Waals surface area contributed by atoms with Crippen molar-refractivity contribution in [2.45, 2.75) is 12.0 Å². The Morgan fingerprint density at radius 1 is 0.800 bits per heavy atom. The van der Waals surface area contributed by atoms with E-state index < -0.39 is 6.10 Å². The van der Waals surface area contributed by atoms with E-state index in [0.717, 1.165) is 0 Å². The van der Waals surface area contributed by atoms with Crippen molar-refractivity contribution in [2.75, 3.05) is 0 Å². The first-order chi connectivity index (χ1) is 7.36. The Morgan fingerprint density at radius 2 is 1.53 bits per heavy atom. The maximum atomic E-state index is 9.47. The highest BCUT2D eigenvalue weighted by molar-refractivity contribution is 5.31. The van der Waals surface area contributed by atoms with Crippen LogP contribution in [-0.2, 0) is 0 Å². The molecule has 0 aliphatic heterocycles. The smallest absolute Gasteiger partial charge is 0.0905 e. The Labute approximate surface area is 90.1 Å². The summed E-state index contributed by atoms with van der Waals surface area (Å²) in [6.07, 6.45) is 11.1. The second kappa shape index (κ2) is 4.76. The lowest BCUT2D eigenvalue weighted by atomic mass is 9.96. The fourth-order valence-corrected chi connectivity index (χ4v) is 1.62. The second-order valence-electron chi connectivity index (χ2n) is 3.58. The van der Waals surface area contributed by atoms with Gasteiger partial charge in [0.25, 0.3) is 0 Å². The van der Waals surface area contributed by atoms with Crippen LogP contribution in [0.4, 0.5) is 0 Å². The molecule has 0 unspecified atom stereocenters. The highest BCUT2D eigenvalue weighted by atomic mass is 16.3. The minimum absolute atomic E-state index is 0.255. The van der Waals surface area contributed by atoms with Gasteiger partial charge in [0, 0.05) is 5.92 Å². The number of benzene rings is 1. The summed E-state index contributed by atoms with van der Waals surface area (Å²) < 4.78 is 0. The average molecular weight is 198 g/mol. The Bertz CT molecular complexity index is 387. The third-order valence-corrected chi connectivity index (χ3v) is 2.44. The summed E-state index contributed by atoms with van der Waals surface area (Å²) in [6.45, 7) is 0. The number of rotatable bonds is 1. The van der Waals surface area contributed by atoms with Gasteiger partial charge in [-0.1, -0.05) is 66.8 Å². The van der Waals surface area contributed by atoms with Gasteiger partial charge in [-0.3, -0.25) is 0 Å². The van der Waals surface area contributed by atoms with E-state index in [2.05, 4.69) is 18.2 Å². The lowest BCUT2D eigenvalue weighted by Gasteiger charge is -2.10. The zero-order valence-electron chi connectivity index (χ0n) is 8.45. The molecule has 2 atom stereocenters. The van der Waals surface area contributed by atoms with Crippen LogP contribution in [0.15, 0.2) is 66.8 Å². The predicted octanol–water partition coefficient (Wildman–Crippen LogP) is 2.81. The van der Waals surface area contributed by atoms with Gasteiger partial charge in [-0.05, 0) is 5.56 Å². The Balaban J connectivity index is 2.26. The first kappa shape index (κ1) is 9.94. The monoisotopic (exact) mass is 198 g/mol. The van der Waals surface area contributed by atoms with Crippen LogP contribution < -0.4 is 0 Å². The number of aliphatic hydroxyl groups is 1. The Hall–Kier alpha value is -1.60. The van der Waals surface area contributed by atoms with Crippen molar-refractivity contribution in [3.05, 3.63) is 72.4 Å². The highest BCUT2D eigenvalue weighted by Crippen LogP contribution is 2.20. The van der Waals surface area contributed by atoms with Gasteiger partial charge in [-0.15, -0.1) is 0 Å². The van der Waals surface area contributed by atoms with Crippen molar-refractivity contribution < 1.29 is 5.11 Å². The molecule has 1 aliphatic carbocycles. The quantitative estimate of drug-likeness (QED) is 0.688. The van der Waals surface area contributed by atoms with Crippen molar-refractivity contribution in [1.29, 1.82) is 0 Å². The molecule has 1 aromatic rings. The molecule has 2 rings (SSSR count). The molecule has 0 saturated carbocycles. The van der Waals surface area contributed by atoms with Crippen LogP contribution in [0, 0.1) is 0 Å². The second-order valence-corrected chi connectivity index (χ2v) is 3.58. The van der Waals surface area contributed by atoms with Gasteiger partial charge in [0.2, 0.25) is 0 Å². The topological polar surface area (TPSA) is 20.2 Å². The van der Waals surface area contributed by atoms with E-state index in [1.807, 2.05) is 42.5 Å². The van der Waals surface area contributed by atoms with Gasteiger partial charge in [-0.2, -0.15) is 0 Å². The molecule has 1 N–H and O–H groups in total. The van der Waals surface area contributed by atoms with Crippen LogP contribution in [0.1, 0.15) is 11.5 Å². The van der Waals surface area contributed by atoms with Crippen LogP contribution in [-0.4, -0.2) is 11.2 Å². The van der Waals surface area contributed by atoms with Crippen LogP contribution in [0.2, 0.25) is 0 Å². The van der Waals surface area contributed by atoms with E-state index in [0.29, 0.717) is 0 Å². The first-order valence-electron chi connectivity index (χ1n) is 5.12. The summed E-state index contributed by atoms with van der Waals surface area (Å²) in [5.41, 5.74) is 1.24. The minimum Gasteiger partial charge on any atom is -0.385 e. The number of hydrogen-bond donors (Lipinski definition) is 1. The Morgan fingerprint density at radius 3 is 2.33 bits per heavy atom. The molecule has 0 amide bonds. The Kier molecular flexibility index (Phi) is 3.15. The van der Waals surface area contributed by atoms with E-state index >= 15 is 0 Å². The number of hydrogen-bond acceptors (Lipinski definition) is 1. The van der Waals surface area contributed by atoms with Gasteiger partial charge >= 0.3 is 0 Å². The normalized spacial score (nSPS) is 27.0. The molecule has 1 aliphatic rings. The van der Waals surface area contributed by atoms with Crippen LogP contribution >= 0.6 is 0 Å². The van der Waals surface area contributed by atoms with E-state index in [-0.39, 0.29) is 5.92 Å². The summed E-state index contributed by atoms with van der Waals surface area (Å²) in [4.78, 5) is 0. The van der Waals surface area contributed by atoms with Crippen LogP contribution in [0.25, 0.3) is 0 Å². The fourth-order valence-electron chi connectivity index (χ4n) is 1.62. The molecular weight excluding hydrogens is 184 g/mol. The summed E-state index contributed by atoms with van der Waals surface area (Å²) in [6, 6.07) is 10.3. The van der Waals surface area contributed by atoms with Gasteiger partial charge < -0.3 is 5.11 Å². The van der Waals surface area contributed by atoms with Gasteiger partial charge in [-0.25, -0.2) is 0 Å². The molecule has 0 fully saturated rings. The standard InChI is InChI=1S/C14H14O/c15-14-9-5-4-8-13(10-11-14)12-6-2-1-3-7-12/h1-11,13-15H/b8-4?,9-5-,11-10?/t13-,14-/m1/s1. The molecule has 1 nitrogen and oxygen atoms in total. The molecule has 0 aromatic heterocycles. The SMILES string of the molecule is O[C@H]1C=C[C@H](c2ccccc2)C=C/C=C\1. The van der Waals surface area contributed by atoms with Crippen molar-refractivity contribution in [1.82, 2.24) is 0 Å². The largest absolute Gasteiger partial charge is 0.385 e. The van der Waals surface area contributed by atoms with E-state index in [9.17, 15) is 5.11 Å². The maximum Gasteiger partial charge on any atom is 0.0905 e. The van der Waals surface area contributed by atoms with Crippen molar-refractivity contribution >= 4 is 0 Å². The van der Waals surface area contributed by atoms with Gasteiger partial charge in [0.15, 0.2) is 0 Å². The molecule has 76 valence electrons. The molecule has 0 spiro atoms.